The van der Waals surface area contributed by atoms with Crippen molar-refractivity contribution >= 4 is 11.8 Å². The van der Waals surface area contributed by atoms with E-state index in [9.17, 15) is 9.59 Å². The summed E-state index contributed by atoms with van der Waals surface area (Å²) in [6.07, 6.45) is 1.73. The van der Waals surface area contributed by atoms with Gasteiger partial charge in [0, 0.05) is 25.9 Å². The topological polar surface area (TPSA) is 49.9 Å². The summed E-state index contributed by atoms with van der Waals surface area (Å²) in [7, 11) is 0. The fraction of sp³-hybridized carbons (Fsp3) is 0.800. The maximum absolute atomic E-state index is 11.5. The van der Waals surface area contributed by atoms with Gasteiger partial charge < -0.3 is 4.74 Å². The van der Waals surface area contributed by atoms with Gasteiger partial charge in [0.15, 0.2) is 0 Å². The Balaban J connectivity index is 1.90. The second-order valence-corrected chi connectivity index (χ2v) is 3.94. The van der Waals surface area contributed by atoms with Gasteiger partial charge in [0.05, 0.1) is 19.9 Å². The number of ether oxygens (including phenoxy) is 1. The highest BCUT2D eigenvalue weighted by Gasteiger charge is 2.27. The first kappa shape index (κ1) is 10.6. The Bertz CT molecular complexity index is 245. The molecule has 0 atom stereocenters. The predicted molar refractivity (Wildman–Crippen MR) is 53.0 cm³/mol. The van der Waals surface area contributed by atoms with Gasteiger partial charge in [0.25, 0.3) is 0 Å². The summed E-state index contributed by atoms with van der Waals surface area (Å²) in [5, 5.41) is 0. The molecule has 2 aliphatic rings. The lowest BCUT2D eigenvalue weighted by atomic mass is 10.1. The van der Waals surface area contributed by atoms with E-state index in [1.165, 1.54) is 4.90 Å². The highest BCUT2D eigenvalue weighted by molar-refractivity contribution is 5.97. The maximum Gasteiger partial charge on any atom is 0.230 e. The number of likely N-dealkylation sites (tertiary alicyclic amines) is 1. The van der Waals surface area contributed by atoms with E-state index < -0.39 is 0 Å². The van der Waals surface area contributed by atoms with Crippen molar-refractivity contribution in [3.63, 3.8) is 0 Å². The highest BCUT2D eigenvalue weighted by atomic mass is 16.5. The lowest BCUT2D eigenvalue weighted by Gasteiger charge is -2.33. The van der Waals surface area contributed by atoms with Crippen LogP contribution < -0.4 is 0 Å². The van der Waals surface area contributed by atoms with Crippen LogP contribution in [0.1, 0.15) is 19.3 Å². The van der Waals surface area contributed by atoms with Gasteiger partial charge >= 0.3 is 0 Å². The van der Waals surface area contributed by atoms with Crippen molar-refractivity contribution < 1.29 is 14.3 Å². The Morgan fingerprint density at radius 2 is 1.67 bits per heavy atom. The van der Waals surface area contributed by atoms with Crippen LogP contribution in [-0.2, 0) is 14.3 Å². The molecule has 0 aromatic heterocycles. The van der Waals surface area contributed by atoms with Crippen LogP contribution in [-0.4, -0.2) is 54.6 Å². The van der Waals surface area contributed by atoms with Gasteiger partial charge in [-0.25, -0.2) is 0 Å². The first-order chi connectivity index (χ1) is 7.27. The molecule has 0 aromatic rings. The predicted octanol–water partition coefficient (Wildman–Crippen LogP) is -0.185. The van der Waals surface area contributed by atoms with E-state index in [0.29, 0.717) is 39.1 Å². The van der Waals surface area contributed by atoms with E-state index in [4.69, 9.17) is 4.74 Å². The molecule has 0 unspecified atom stereocenters. The number of imide groups is 1. The summed E-state index contributed by atoms with van der Waals surface area (Å²) in [6.45, 7) is 3.43. The summed E-state index contributed by atoms with van der Waals surface area (Å²) < 4.78 is 5.21. The van der Waals surface area contributed by atoms with Crippen LogP contribution in [0.3, 0.4) is 0 Å². The molecule has 5 nitrogen and oxygen atoms in total. The minimum absolute atomic E-state index is 0.0299. The van der Waals surface area contributed by atoms with Crippen LogP contribution in [0.25, 0.3) is 0 Å². The number of nitrogens with zero attached hydrogens (tertiary/aromatic N) is 2. The zero-order valence-electron chi connectivity index (χ0n) is 8.78. The third kappa shape index (κ3) is 2.54. The molecule has 5 heteroatoms. The molecule has 0 aromatic carbocycles. The van der Waals surface area contributed by atoms with Crippen LogP contribution in [0.5, 0.6) is 0 Å². The fourth-order valence-corrected chi connectivity index (χ4v) is 1.90. The summed E-state index contributed by atoms with van der Waals surface area (Å²) in [5.74, 6) is -0.0597. The Labute approximate surface area is 89.0 Å². The number of hydrogen-bond donors (Lipinski definition) is 0. The van der Waals surface area contributed by atoms with Crippen molar-refractivity contribution in [1.29, 1.82) is 0 Å². The van der Waals surface area contributed by atoms with Gasteiger partial charge in [-0.2, -0.15) is 0 Å². The molecule has 2 rings (SSSR count). The number of carbonyl (C=O) groups excluding carboxylic acids is 2. The minimum atomic E-state index is -0.0299. The van der Waals surface area contributed by atoms with Crippen LogP contribution in [0.2, 0.25) is 0 Å². The summed E-state index contributed by atoms with van der Waals surface area (Å²) in [5.41, 5.74) is 0. The van der Waals surface area contributed by atoms with Gasteiger partial charge in [-0.1, -0.05) is 0 Å². The van der Waals surface area contributed by atoms with E-state index in [1.54, 1.807) is 0 Å². The van der Waals surface area contributed by atoms with Crippen LogP contribution in [0.4, 0.5) is 0 Å². The number of morpholine rings is 1. The maximum atomic E-state index is 11.5. The molecule has 0 radical (unpaired) electrons. The molecule has 0 saturated carbocycles. The molecule has 15 heavy (non-hydrogen) atoms. The smallest absolute Gasteiger partial charge is 0.230 e. The number of amides is 2. The zero-order chi connectivity index (χ0) is 10.7. The molecule has 0 aliphatic carbocycles. The molecule has 2 fully saturated rings. The van der Waals surface area contributed by atoms with Gasteiger partial charge in [-0.3, -0.25) is 19.4 Å². The van der Waals surface area contributed by atoms with Crippen molar-refractivity contribution in [1.82, 2.24) is 9.80 Å². The lowest BCUT2D eigenvalue weighted by Crippen LogP contribution is -2.49. The van der Waals surface area contributed by atoms with Gasteiger partial charge in [-0.15, -0.1) is 0 Å². The minimum Gasteiger partial charge on any atom is -0.379 e. The van der Waals surface area contributed by atoms with Gasteiger partial charge in [0.1, 0.15) is 0 Å². The molecule has 0 bridgehead atoms. The number of carbonyl (C=O) groups is 2. The van der Waals surface area contributed by atoms with E-state index >= 15 is 0 Å². The highest BCUT2D eigenvalue weighted by Crippen LogP contribution is 2.13. The standard InChI is InChI=1S/C10H16N2O3/c13-9-2-1-3-10(14)12(9)8-11-4-6-15-7-5-11/h1-8H2. The van der Waals surface area contributed by atoms with E-state index in [-0.39, 0.29) is 11.8 Å². The number of rotatable bonds is 2. The largest absolute Gasteiger partial charge is 0.379 e. The third-order valence-corrected chi connectivity index (χ3v) is 2.83. The Morgan fingerprint density at radius 1 is 1.07 bits per heavy atom. The molecule has 2 heterocycles. The number of piperidine rings is 1. The average molecular weight is 212 g/mol. The average Bonchev–Trinajstić information content (AvgIpc) is 2.25. The molecule has 84 valence electrons. The molecule has 2 aliphatic heterocycles. The molecule has 2 amide bonds. The molecule has 2 saturated heterocycles. The van der Waals surface area contributed by atoms with Gasteiger partial charge in [0.2, 0.25) is 11.8 Å². The Hall–Kier alpha value is -0.940. The van der Waals surface area contributed by atoms with Crippen molar-refractivity contribution in [2.45, 2.75) is 19.3 Å². The molecule has 0 N–H and O–H groups in total. The van der Waals surface area contributed by atoms with E-state index in [2.05, 4.69) is 4.90 Å². The van der Waals surface area contributed by atoms with Crippen LogP contribution in [0, 0.1) is 0 Å². The third-order valence-electron chi connectivity index (χ3n) is 2.83. The van der Waals surface area contributed by atoms with Crippen molar-refractivity contribution in [2.75, 3.05) is 33.0 Å². The molecular weight excluding hydrogens is 196 g/mol. The second-order valence-electron chi connectivity index (χ2n) is 3.94. The second kappa shape index (κ2) is 4.72. The normalized spacial score (nSPS) is 24.7. The zero-order valence-corrected chi connectivity index (χ0v) is 8.78. The SMILES string of the molecule is O=C1CCCC(=O)N1CN1CCOCC1. The summed E-state index contributed by atoms with van der Waals surface area (Å²) in [4.78, 5) is 26.5. The van der Waals surface area contributed by atoms with Gasteiger partial charge in [-0.05, 0) is 6.42 Å². The van der Waals surface area contributed by atoms with Crippen LogP contribution >= 0.6 is 0 Å². The number of hydrogen-bond acceptors (Lipinski definition) is 4. The Kier molecular flexibility index (Phi) is 3.33. The summed E-state index contributed by atoms with van der Waals surface area (Å²) in [6, 6.07) is 0. The fourth-order valence-electron chi connectivity index (χ4n) is 1.90. The van der Waals surface area contributed by atoms with Crippen molar-refractivity contribution in [2.24, 2.45) is 0 Å². The first-order valence-corrected chi connectivity index (χ1v) is 5.40. The quantitative estimate of drug-likeness (QED) is 0.596. The van der Waals surface area contributed by atoms with Crippen LogP contribution in [0.15, 0.2) is 0 Å². The summed E-state index contributed by atoms with van der Waals surface area (Å²) >= 11 is 0. The van der Waals surface area contributed by atoms with E-state index in [0.717, 1.165) is 13.1 Å². The molecular formula is C10H16N2O3. The molecule has 0 spiro atoms. The van der Waals surface area contributed by atoms with Crippen molar-refractivity contribution in [3.8, 4) is 0 Å². The van der Waals surface area contributed by atoms with Crippen molar-refractivity contribution in [3.05, 3.63) is 0 Å². The monoisotopic (exact) mass is 212 g/mol. The Morgan fingerprint density at radius 3 is 2.27 bits per heavy atom. The first-order valence-electron chi connectivity index (χ1n) is 5.40. The lowest BCUT2D eigenvalue weighted by molar-refractivity contribution is -0.151. The van der Waals surface area contributed by atoms with E-state index in [1.807, 2.05) is 0 Å².